The second kappa shape index (κ2) is 5.28. The van der Waals surface area contributed by atoms with Crippen molar-refractivity contribution in [2.75, 3.05) is 7.05 Å². The molecule has 1 aromatic heterocycles. The number of nitrogens with zero attached hydrogens (tertiary/aromatic N) is 3. The first-order chi connectivity index (χ1) is 7.90. The van der Waals surface area contributed by atoms with Gasteiger partial charge in [-0.2, -0.15) is 5.10 Å². The number of H-pyrrole nitrogens is 1. The molecule has 0 radical (unpaired) electrons. The maximum absolute atomic E-state index is 11.6. The van der Waals surface area contributed by atoms with Gasteiger partial charge in [0.15, 0.2) is 5.82 Å². The summed E-state index contributed by atoms with van der Waals surface area (Å²) in [7, 11) is 1.54. The lowest BCUT2D eigenvalue weighted by atomic mass is 10.3. The number of hydrogen-bond donors (Lipinski definition) is 3. The van der Waals surface area contributed by atoms with E-state index in [0.717, 1.165) is 0 Å². The highest BCUT2D eigenvalue weighted by atomic mass is 16.4. The number of nitrogens with one attached hydrogen (secondary N) is 2. The first kappa shape index (κ1) is 12.9. The highest BCUT2D eigenvalue weighted by Gasteiger charge is 2.17. The van der Waals surface area contributed by atoms with Crippen LogP contribution in [-0.4, -0.2) is 50.3 Å². The SMILES string of the molecule is Cc1nc(CN(C)C(=O)N[C@H](C)C(=O)O)n[nH]1. The monoisotopic (exact) mass is 241 g/mol. The van der Waals surface area contributed by atoms with Crippen LogP contribution in [0.5, 0.6) is 0 Å². The lowest BCUT2D eigenvalue weighted by Crippen LogP contribution is -2.44. The fourth-order valence-electron chi connectivity index (χ4n) is 1.10. The summed E-state index contributed by atoms with van der Waals surface area (Å²) < 4.78 is 0. The normalized spacial score (nSPS) is 11.9. The van der Waals surface area contributed by atoms with E-state index in [0.29, 0.717) is 11.6 Å². The zero-order valence-electron chi connectivity index (χ0n) is 9.89. The van der Waals surface area contributed by atoms with Crippen LogP contribution in [-0.2, 0) is 11.3 Å². The van der Waals surface area contributed by atoms with Crippen molar-refractivity contribution >= 4 is 12.0 Å². The van der Waals surface area contributed by atoms with Gasteiger partial charge in [0.25, 0.3) is 0 Å². The average Bonchev–Trinajstić information content (AvgIpc) is 2.63. The van der Waals surface area contributed by atoms with Crippen molar-refractivity contribution < 1.29 is 14.7 Å². The standard InChI is InChI=1S/C9H15N5O3/c1-5(8(15)16)10-9(17)14(3)4-7-11-6(2)12-13-7/h5H,4H2,1-3H3,(H,10,17)(H,15,16)(H,11,12,13)/t5-/m1/s1. The van der Waals surface area contributed by atoms with Crippen molar-refractivity contribution in [3.63, 3.8) is 0 Å². The van der Waals surface area contributed by atoms with Crippen molar-refractivity contribution in [3.05, 3.63) is 11.6 Å². The molecule has 8 nitrogen and oxygen atoms in total. The van der Waals surface area contributed by atoms with Gasteiger partial charge in [0.05, 0.1) is 6.54 Å². The molecule has 3 N–H and O–H groups in total. The number of rotatable bonds is 4. The van der Waals surface area contributed by atoms with Crippen LogP contribution in [0.1, 0.15) is 18.6 Å². The maximum Gasteiger partial charge on any atom is 0.325 e. The molecule has 0 aromatic carbocycles. The molecule has 2 amide bonds. The number of carbonyl (C=O) groups is 2. The Morgan fingerprint density at radius 1 is 1.59 bits per heavy atom. The van der Waals surface area contributed by atoms with Gasteiger partial charge >= 0.3 is 12.0 Å². The first-order valence-corrected chi connectivity index (χ1v) is 5.02. The molecular formula is C9H15N5O3. The van der Waals surface area contributed by atoms with Gasteiger partial charge in [0.2, 0.25) is 0 Å². The second-order valence-electron chi connectivity index (χ2n) is 3.70. The van der Waals surface area contributed by atoms with Gasteiger partial charge in [-0.25, -0.2) is 9.78 Å². The molecule has 0 fully saturated rings. The number of carboxylic acid groups (broad SMARTS) is 1. The number of carboxylic acids is 1. The van der Waals surface area contributed by atoms with Crippen LogP contribution in [0, 0.1) is 6.92 Å². The van der Waals surface area contributed by atoms with Crippen LogP contribution >= 0.6 is 0 Å². The molecule has 0 aliphatic carbocycles. The predicted molar refractivity (Wildman–Crippen MR) is 58.2 cm³/mol. The van der Waals surface area contributed by atoms with Crippen molar-refractivity contribution in [2.24, 2.45) is 0 Å². The van der Waals surface area contributed by atoms with Crippen LogP contribution in [0.25, 0.3) is 0 Å². The lowest BCUT2D eigenvalue weighted by Gasteiger charge is -2.18. The van der Waals surface area contributed by atoms with Crippen molar-refractivity contribution in [2.45, 2.75) is 26.4 Å². The third kappa shape index (κ3) is 3.74. The summed E-state index contributed by atoms with van der Waals surface area (Å²) in [6, 6.07) is -1.42. The summed E-state index contributed by atoms with van der Waals surface area (Å²) in [6.45, 7) is 3.36. The topological polar surface area (TPSA) is 111 Å². The third-order valence-corrected chi connectivity index (χ3v) is 2.08. The van der Waals surface area contributed by atoms with Crippen LogP contribution < -0.4 is 5.32 Å². The molecule has 1 aromatic rings. The van der Waals surface area contributed by atoms with Gasteiger partial charge in [-0.1, -0.05) is 0 Å². The number of aliphatic carboxylic acids is 1. The van der Waals surface area contributed by atoms with Gasteiger partial charge in [-0.3, -0.25) is 9.89 Å². The van der Waals surface area contributed by atoms with Crippen molar-refractivity contribution in [1.29, 1.82) is 0 Å². The van der Waals surface area contributed by atoms with E-state index in [9.17, 15) is 9.59 Å². The maximum atomic E-state index is 11.6. The molecule has 94 valence electrons. The van der Waals surface area contributed by atoms with E-state index in [-0.39, 0.29) is 6.54 Å². The molecule has 0 bridgehead atoms. The highest BCUT2D eigenvalue weighted by Crippen LogP contribution is 1.97. The molecule has 0 saturated heterocycles. The molecule has 0 aliphatic heterocycles. The molecule has 1 atom stereocenters. The van der Waals surface area contributed by atoms with Crippen LogP contribution in [0.15, 0.2) is 0 Å². The summed E-state index contributed by atoms with van der Waals surface area (Å²) in [5.74, 6) is 0.0522. The van der Waals surface area contributed by atoms with Gasteiger partial charge in [-0.15, -0.1) is 0 Å². The fourth-order valence-corrected chi connectivity index (χ4v) is 1.10. The molecule has 0 spiro atoms. The van der Waals surface area contributed by atoms with E-state index in [2.05, 4.69) is 20.5 Å². The molecule has 1 rings (SSSR count). The summed E-state index contributed by atoms with van der Waals surface area (Å²) >= 11 is 0. The molecule has 8 heteroatoms. The van der Waals surface area contributed by atoms with Crippen LogP contribution in [0.2, 0.25) is 0 Å². The largest absolute Gasteiger partial charge is 0.480 e. The van der Waals surface area contributed by atoms with E-state index in [4.69, 9.17) is 5.11 Å². The van der Waals surface area contributed by atoms with Crippen molar-refractivity contribution in [1.82, 2.24) is 25.4 Å². The Bertz CT molecular complexity index is 417. The quantitative estimate of drug-likeness (QED) is 0.671. The Labute approximate surface area is 98.0 Å². The summed E-state index contributed by atoms with van der Waals surface area (Å²) in [4.78, 5) is 27.5. The Hall–Kier alpha value is -2.12. The smallest absolute Gasteiger partial charge is 0.325 e. The number of amides is 2. The molecule has 17 heavy (non-hydrogen) atoms. The first-order valence-electron chi connectivity index (χ1n) is 5.02. The number of carbonyl (C=O) groups excluding carboxylic acids is 1. The molecule has 1 heterocycles. The minimum Gasteiger partial charge on any atom is -0.480 e. The number of aromatic amines is 1. The fraction of sp³-hybridized carbons (Fsp3) is 0.556. The van der Waals surface area contributed by atoms with Gasteiger partial charge in [-0.05, 0) is 13.8 Å². The zero-order chi connectivity index (χ0) is 13.0. The number of hydrogen-bond acceptors (Lipinski definition) is 4. The summed E-state index contributed by atoms with van der Waals surface area (Å²) in [5.41, 5.74) is 0. The number of aryl methyl sites for hydroxylation is 1. The van der Waals surface area contributed by atoms with Gasteiger partial charge in [0, 0.05) is 7.05 Å². The van der Waals surface area contributed by atoms with Gasteiger partial charge < -0.3 is 15.3 Å². The van der Waals surface area contributed by atoms with Gasteiger partial charge in [0.1, 0.15) is 11.9 Å². The molecular weight excluding hydrogens is 226 g/mol. The molecule has 0 aliphatic rings. The zero-order valence-corrected chi connectivity index (χ0v) is 9.89. The molecule has 0 saturated carbocycles. The average molecular weight is 241 g/mol. The van der Waals surface area contributed by atoms with E-state index >= 15 is 0 Å². The number of urea groups is 1. The Kier molecular flexibility index (Phi) is 4.02. The van der Waals surface area contributed by atoms with Crippen LogP contribution in [0.3, 0.4) is 0 Å². The number of aromatic nitrogens is 3. The van der Waals surface area contributed by atoms with E-state index in [1.807, 2.05) is 0 Å². The Morgan fingerprint density at radius 2 is 2.24 bits per heavy atom. The van der Waals surface area contributed by atoms with E-state index in [1.165, 1.54) is 18.9 Å². The lowest BCUT2D eigenvalue weighted by molar-refractivity contribution is -0.138. The van der Waals surface area contributed by atoms with Crippen LogP contribution in [0.4, 0.5) is 4.79 Å². The molecule has 0 unspecified atom stereocenters. The Morgan fingerprint density at radius 3 is 2.71 bits per heavy atom. The Balaban J connectivity index is 2.50. The minimum absolute atomic E-state index is 0.211. The summed E-state index contributed by atoms with van der Waals surface area (Å²) in [6.07, 6.45) is 0. The highest BCUT2D eigenvalue weighted by molar-refractivity contribution is 5.81. The predicted octanol–water partition coefficient (Wildman–Crippen LogP) is -0.272. The van der Waals surface area contributed by atoms with Crippen molar-refractivity contribution in [3.8, 4) is 0 Å². The minimum atomic E-state index is -1.08. The second-order valence-corrected chi connectivity index (χ2v) is 3.70. The third-order valence-electron chi connectivity index (χ3n) is 2.08. The van der Waals surface area contributed by atoms with E-state index < -0.39 is 18.0 Å². The van der Waals surface area contributed by atoms with E-state index in [1.54, 1.807) is 6.92 Å². The summed E-state index contributed by atoms with van der Waals surface area (Å²) in [5, 5.41) is 17.5.